The van der Waals surface area contributed by atoms with Gasteiger partial charge >= 0.3 is 19.7 Å². The van der Waals surface area contributed by atoms with E-state index >= 15 is 0 Å². The lowest BCUT2D eigenvalue weighted by Gasteiger charge is -2.24. The van der Waals surface area contributed by atoms with Gasteiger partial charge in [-0.05, 0) is 45.2 Å². The van der Waals surface area contributed by atoms with Crippen molar-refractivity contribution in [1.82, 2.24) is 5.32 Å². The van der Waals surface area contributed by atoms with E-state index in [0.717, 1.165) is 12.1 Å². The molecule has 0 aromatic heterocycles. The Morgan fingerprint density at radius 3 is 2.34 bits per heavy atom. The van der Waals surface area contributed by atoms with Gasteiger partial charge in [0.25, 0.3) is 5.69 Å². The van der Waals surface area contributed by atoms with E-state index in [0.29, 0.717) is 5.56 Å². The lowest BCUT2D eigenvalue weighted by molar-refractivity contribution is -0.383. The number of ether oxygens (including phenoxy) is 1. The van der Waals surface area contributed by atoms with Crippen molar-refractivity contribution in [2.45, 2.75) is 52.2 Å². The molecule has 162 valence electrons. The van der Waals surface area contributed by atoms with E-state index in [1.165, 1.54) is 13.0 Å². The molecule has 2 atom stereocenters. The van der Waals surface area contributed by atoms with Crippen molar-refractivity contribution in [2.75, 3.05) is 0 Å². The smallest absolute Gasteiger partial charge is 0.407 e. The number of nitrogens with zero attached hydrogens (tertiary/aromatic N) is 1. The maximum absolute atomic E-state index is 12.1. The van der Waals surface area contributed by atoms with Gasteiger partial charge in [-0.3, -0.25) is 19.5 Å². The Hall–Kier alpha value is -2.49. The molecule has 1 aromatic carbocycles. The van der Waals surface area contributed by atoms with Crippen molar-refractivity contribution in [1.29, 1.82) is 0 Å². The molecule has 4 N–H and O–H groups in total. The molecule has 0 bridgehead atoms. The number of rotatable bonds is 8. The Kier molecular flexibility index (Phi) is 7.90. The molecule has 1 rings (SSSR count). The first-order valence-electron chi connectivity index (χ1n) is 8.66. The fourth-order valence-corrected chi connectivity index (χ4v) is 3.28. The molecule has 0 saturated carbocycles. The summed E-state index contributed by atoms with van der Waals surface area (Å²) in [7, 11) is -4.85. The Morgan fingerprint density at radius 2 is 1.90 bits per heavy atom. The number of nitro benzene ring substituents is 1. The topological polar surface area (TPSA) is 176 Å². The third-order valence-corrected chi connectivity index (χ3v) is 4.82. The van der Waals surface area contributed by atoms with Crippen molar-refractivity contribution in [3.05, 3.63) is 33.9 Å². The van der Waals surface area contributed by atoms with Crippen LogP contribution >= 0.6 is 7.60 Å². The van der Waals surface area contributed by atoms with Crippen molar-refractivity contribution >= 4 is 30.7 Å². The van der Waals surface area contributed by atoms with Crippen LogP contribution in [0.3, 0.4) is 0 Å². The lowest BCUT2D eigenvalue weighted by Crippen LogP contribution is -2.41. The Labute approximate surface area is 167 Å². The molecule has 29 heavy (non-hydrogen) atoms. The first-order valence-corrected chi connectivity index (χ1v) is 10.3. The number of nitro groups is 1. The van der Waals surface area contributed by atoms with Gasteiger partial charge in [0, 0.05) is 12.1 Å². The molecule has 0 spiro atoms. The average molecular weight is 432 g/mol. The number of hydrogen-bond donors (Lipinski definition) is 4. The summed E-state index contributed by atoms with van der Waals surface area (Å²) in [5, 5.41) is 22.2. The second-order valence-corrected chi connectivity index (χ2v) is 9.22. The zero-order chi connectivity index (χ0) is 22.6. The number of nitrogens with one attached hydrogen (secondary N) is 1. The first kappa shape index (κ1) is 24.5. The highest BCUT2D eigenvalue weighted by atomic mass is 31.2. The van der Waals surface area contributed by atoms with Crippen LogP contribution in [0.25, 0.3) is 0 Å². The van der Waals surface area contributed by atoms with Crippen LogP contribution in [0.2, 0.25) is 0 Å². The highest BCUT2D eigenvalue weighted by Crippen LogP contribution is 2.37. The maximum Gasteiger partial charge on any atom is 0.407 e. The molecule has 1 amide bonds. The molecule has 2 unspecified atom stereocenters. The van der Waals surface area contributed by atoms with Crippen LogP contribution in [-0.2, 0) is 20.5 Å². The minimum absolute atomic E-state index is 0.000852. The lowest BCUT2D eigenvalue weighted by atomic mass is 9.96. The van der Waals surface area contributed by atoms with Crippen molar-refractivity contribution < 1.29 is 38.7 Å². The second-order valence-electron chi connectivity index (χ2n) is 7.65. The highest BCUT2D eigenvalue weighted by Gasteiger charge is 2.30. The molecule has 11 nitrogen and oxygen atoms in total. The van der Waals surface area contributed by atoms with Gasteiger partial charge in [0.15, 0.2) is 0 Å². The number of carboxylic acids is 1. The van der Waals surface area contributed by atoms with Crippen molar-refractivity contribution in [2.24, 2.45) is 5.92 Å². The molecule has 0 heterocycles. The largest absolute Gasteiger partial charge is 0.481 e. The molecule has 1 aromatic rings. The molecular formula is C17H25N2O9P. The van der Waals surface area contributed by atoms with Gasteiger partial charge < -0.3 is 24.9 Å². The van der Waals surface area contributed by atoms with Gasteiger partial charge in [-0.1, -0.05) is 13.0 Å². The van der Waals surface area contributed by atoms with E-state index in [1.807, 2.05) is 0 Å². The van der Waals surface area contributed by atoms with E-state index < -0.39 is 53.1 Å². The highest BCUT2D eigenvalue weighted by molar-refractivity contribution is 7.60. The number of aliphatic carboxylic acids is 1. The molecule has 0 radical (unpaired) electrons. The molecule has 0 aliphatic rings. The quantitative estimate of drug-likeness (QED) is 0.271. The number of amides is 1. The van der Waals surface area contributed by atoms with Crippen molar-refractivity contribution in [3.8, 4) is 0 Å². The van der Waals surface area contributed by atoms with Gasteiger partial charge in [0.1, 0.15) is 10.9 Å². The maximum atomic E-state index is 12.1. The predicted molar refractivity (Wildman–Crippen MR) is 103 cm³/mol. The van der Waals surface area contributed by atoms with Gasteiger partial charge in [0.2, 0.25) is 0 Å². The van der Waals surface area contributed by atoms with Crippen LogP contribution in [0.1, 0.15) is 39.7 Å². The third-order valence-electron chi connectivity index (χ3n) is 3.81. The van der Waals surface area contributed by atoms with Crippen LogP contribution in [0.15, 0.2) is 18.2 Å². The fourth-order valence-electron chi connectivity index (χ4n) is 2.57. The summed E-state index contributed by atoms with van der Waals surface area (Å²) in [6.45, 7) is 6.42. The minimum atomic E-state index is -4.85. The van der Waals surface area contributed by atoms with Crippen LogP contribution in [-0.4, -0.2) is 43.5 Å². The summed E-state index contributed by atoms with van der Waals surface area (Å²) in [4.78, 5) is 52.1. The standard InChI is InChI=1S/C17H25N2O9P/c1-10(15(20)21)7-12(18-16(22)28-17(2,3)4)8-11-5-6-14(29(25,26)27)13(9-11)19(23)24/h5-6,9-10,12H,7-8H2,1-4H3,(H,18,22)(H,20,21)(H2,25,26,27). The SMILES string of the molecule is CC(CC(Cc1ccc(P(=O)(O)O)c([N+](=O)[O-])c1)NC(=O)OC(C)(C)C)C(=O)O. The van der Waals surface area contributed by atoms with Crippen LogP contribution in [0, 0.1) is 16.0 Å². The molecule has 0 fully saturated rings. The molecular weight excluding hydrogens is 407 g/mol. The monoisotopic (exact) mass is 432 g/mol. The normalized spacial score (nSPS) is 14.0. The number of carbonyl (C=O) groups is 2. The minimum Gasteiger partial charge on any atom is -0.481 e. The van der Waals surface area contributed by atoms with Gasteiger partial charge in [-0.15, -0.1) is 0 Å². The number of alkyl carbamates (subject to hydrolysis) is 1. The first-order chi connectivity index (χ1) is 13.1. The van der Waals surface area contributed by atoms with E-state index in [9.17, 15) is 34.1 Å². The average Bonchev–Trinajstić information content (AvgIpc) is 2.51. The van der Waals surface area contributed by atoms with E-state index in [4.69, 9.17) is 9.84 Å². The van der Waals surface area contributed by atoms with E-state index in [2.05, 4.69) is 5.32 Å². The van der Waals surface area contributed by atoms with Gasteiger partial charge in [-0.2, -0.15) is 0 Å². The number of carboxylic acid groups (broad SMARTS) is 1. The zero-order valence-electron chi connectivity index (χ0n) is 16.5. The summed E-state index contributed by atoms with van der Waals surface area (Å²) in [6.07, 6.45) is -0.761. The van der Waals surface area contributed by atoms with Gasteiger partial charge in [-0.25, -0.2) is 4.79 Å². The zero-order valence-corrected chi connectivity index (χ0v) is 17.4. The molecule has 0 saturated heterocycles. The van der Waals surface area contributed by atoms with Crippen LogP contribution < -0.4 is 10.6 Å². The van der Waals surface area contributed by atoms with Crippen LogP contribution in [0.5, 0.6) is 0 Å². The Morgan fingerprint density at radius 1 is 1.31 bits per heavy atom. The molecule has 12 heteroatoms. The summed E-state index contributed by atoms with van der Waals surface area (Å²) >= 11 is 0. The summed E-state index contributed by atoms with van der Waals surface area (Å²) < 4.78 is 16.6. The molecule has 0 aliphatic carbocycles. The number of hydrogen-bond acceptors (Lipinski definition) is 6. The number of carbonyl (C=O) groups excluding carboxylic acids is 1. The third kappa shape index (κ3) is 8.18. The van der Waals surface area contributed by atoms with E-state index in [1.54, 1.807) is 20.8 Å². The van der Waals surface area contributed by atoms with Crippen LogP contribution in [0.4, 0.5) is 10.5 Å². The fraction of sp³-hybridized carbons (Fsp3) is 0.529. The summed E-state index contributed by atoms with van der Waals surface area (Å²) in [5.74, 6) is -1.90. The van der Waals surface area contributed by atoms with Gasteiger partial charge in [0.05, 0.1) is 10.8 Å². The van der Waals surface area contributed by atoms with E-state index in [-0.39, 0.29) is 12.8 Å². The Balaban J connectivity index is 3.16. The second kappa shape index (κ2) is 9.34. The summed E-state index contributed by atoms with van der Waals surface area (Å²) in [6, 6.07) is 2.51. The van der Waals surface area contributed by atoms with Crippen molar-refractivity contribution in [3.63, 3.8) is 0 Å². The summed E-state index contributed by atoms with van der Waals surface area (Å²) in [5.41, 5.74) is -1.23. The number of benzene rings is 1. The molecule has 0 aliphatic heterocycles. The Bertz CT molecular complexity index is 829. The predicted octanol–water partition coefficient (Wildman–Crippen LogP) is 1.94.